The van der Waals surface area contributed by atoms with Gasteiger partial charge in [0.2, 0.25) is 0 Å². The van der Waals surface area contributed by atoms with Crippen molar-refractivity contribution in [3.05, 3.63) is 0 Å². The molecular formula is C62H132I2. The van der Waals surface area contributed by atoms with Crippen LogP contribution in [-0.2, 0) is 0 Å². The SMILES string of the molecule is C.C.C.C.CC.CC.CC(C)(C)C.CC(C)(C)C.CC1C(C)C(CC2C(C)C(C)C3CCCCC32)C2CCCCC12.CC1C(C)C2CC3C(C)C(C)C(C)C3CC2C1C.CCC.II. The van der Waals surface area contributed by atoms with Crippen molar-refractivity contribution < 1.29 is 0 Å². The van der Waals surface area contributed by atoms with E-state index < -0.39 is 0 Å². The van der Waals surface area contributed by atoms with Crippen LogP contribution < -0.4 is 0 Å². The molecule has 0 heterocycles. The molecule has 0 aromatic rings. The first kappa shape index (κ1) is 74.4. The molecule has 7 fully saturated rings. The van der Waals surface area contributed by atoms with Crippen LogP contribution >= 0.6 is 37.2 Å². The number of rotatable bonds is 2. The quantitative estimate of drug-likeness (QED) is 0.242. The molecule has 0 aliphatic heterocycles. The fourth-order valence-electron chi connectivity index (χ4n) is 14.4. The standard InChI is InChI=1S/C23H40.C18H32.2C5H12.C3H8.2C2H6.4CH4.I2/c1-14-16(3)22(20-11-7-5-9-18(14)20)13-23-17(4)15(2)19-10-6-8-12-21(19)23;1-9-11(3)15-7-17-13(5)10(2)14(6)18(17)8-16(15)12(9)4;2*1-5(2,3)4;1-3-2;2*1-2;;;;;1-2/h14-23H,5-13H2,1-4H3;9-18H,7-8H2,1-6H3;2*1-4H3;3H2,1-2H3;2*1-2H3;4*1H4;. The van der Waals surface area contributed by atoms with Crippen LogP contribution in [0.4, 0.5) is 0 Å². The van der Waals surface area contributed by atoms with E-state index in [0.29, 0.717) is 10.8 Å². The van der Waals surface area contributed by atoms with E-state index in [0.717, 1.165) is 118 Å². The van der Waals surface area contributed by atoms with Crippen molar-refractivity contribution in [3.8, 4) is 0 Å². The highest BCUT2D eigenvalue weighted by molar-refractivity contribution is 15.0. The Kier molecular flexibility index (Phi) is 41.3. The maximum Gasteiger partial charge on any atom is 0 e. The highest BCUT2D eigenvalue weighted by Crippen LogP contribution is 2.62. The Morgan fingerprint density at radius 3 is 0.703 bits per heavy atom. The third-order valence-electron chi connectivity index (χ3n) is 18.0. The van der Waals surface area contributed by atoms with Gasteiger partial charge in [-0.1, -0.05) is 228 Å². The third-order valence-corrected chi connectivity index (χ3v) is 18.0. The van der Waals surface area contributed by atoms with Crippen molar-refractivity contribution in [2.75, 3.05) is 0 Å². The van der Waals surface area contributed by atoms with E-state index in [1.54, 1.807) is 44.9 Å². The lowest BCUT2D eigenvalue weighted by Crippen LogP contribution is -2.33. The summed E-state index contributed by atoms with van der Waals surface area (Å²) in [6.07, 6.45) is 18.3. The first-order valence-electron chi connectivity index (χ1n) is 27.1. The van der Waals surface area contributed by atoms with Gasteiger partial charge in [-0.05, 0) is 174 Å². The van der Waals surface area contributed by atoms with Gasteiger partial charge in [0.05, 0.1) is 0 Å². The fourth-order valence-corrected chi connectivity index (χ4v) is 14.4. The Labute approximate surface area is 436 Å². The molecule has 0 nitrogen and oxygen atoms in total. The van der Waals surface area contributed by atoms with Crippen LogP contribution in [0.15, 0.2) is 0 Å². The van der Waals surface area contributed by atoms with E-state index in [1.807, 2.05) is 27.7 Å². The number of halogens is 2. The summed E-state index contributed by atoms with van der Waals surface area (Å²) in [5.41, 5.74) is 1.00. The molecule has 18 atom stereocenters. The van der Waals surface area contributed by atoms with Crippen LogP contribution in [0.2, 0.25) is 0 Å². The minimum atomic E-state index is 0. The monoisotopic (exact) mass is 1130 g/mol. The molecule has 0 spiro atoms. The average Bonchev–Trinajstić information content (AvgIpc) is 3.77. The summed E-state index contributed by atoms with van der Waals surface area (Å²) in [7, 11) is 0. The minimum absolute atomic E-state index is 0. The molecule has 2 heteroatoms. The molecular weight excluding hydrogens is 998 g/mol. The Morgan fingerprint density at radius 2 is 0.500 bits per heavy atom. The van der Waals surface area contributed by atoms with Gasteiger partial charge in [0, 0.05) is 37.2 Å². The van der Waals surface area contributed by atoms with E-state index in [1.165, 1.54) is 32.1 Å². The van der Waals surface area contributed by atoms with Crippen LogP contribution in [0, 0.1) is 129 Å². The molecule has 18 unspecified atom stereocenters. The topological polar surface area (TPSA) is 0 Å². The van der Waals surface area contributed by atoms with Gasteiger partial charge in [-0.15, -0.1) is 0 Å². The van der Waals surface area contributed by atoms with Crippen molar-refractivity contribution >= 4 is 37.2 Å². The van der Waals surface area contributed by atoms with Gasteiger partial charge in [-0.3, -0.25) is 0 Å². The highest BCUT2D eigenvalue weighted by atomic mass is 128. The van der Waals surface area contributed by atoms with Crippen LogP contribution in [-0.4, -0.2) is 0 Å². The van der Waals surface area contributed by atoms with Gasteiger partial charge in [0.1, 0.15) is 0 Å². The van der Waals surface area contributed by atoms with E-state index in [-0.39, 0.29) is 29.7 Å². The van der Waals surface area contributed by atoms with Gasteiger partial charge in [0.25, 0.3) is 0 Å². The Bertz CT molecular complexity index is 946. The summed E-state index contributed by atoms with van der Waals surface area (Å²) < 4.78 is 0. The maximum absolute atomic E-state index is 2.62. The van der Waals surface area contributed by atoms with Crippen LogP contribution in [0.3, 0.4) is 0 Å². The van der Waals surface area contributed by atoms with Gasteiger partial charge in [-0.2, -0.15) is 0 Å². The van der Waals surface area contributed by atoms with Gasteiger partial charge in [-0.25, -0.2) is 0 Å². The molecule has 7 aliphatic carbocycles. The molecule has 0 aromatic carbocycles. The second kappa shape index (κ2) is 35.5. The van der Waals surface area contributed by atoms with Crippen molar-refractivity contribution in [1.29, 1.82) is 0 Å². The number of hydrogen-bond donors (Lipinski definition) is 0. The van der Waals surface area contributed by atoms with E-state index in [2.05, 4.69) is 176 Å². The highest BCUT2D eigenvalue weighted by Gasteiger charge is 2.55. The molecule has 0 N–H and O–H groups in total. The zero-order valence-corrected chi connectivity index (χ0v) is 50.1. The first-order chi connectivity index (χ1) is 27.9. The summed E-state index contributed by atoms with van der Waals surface area (Å²) in [5.74, 6) is 20.5. The fraction of sp³-hybridized carbons (Fsp3) is 1.00. The largest absolute Gasteiger partial charge is 0.0776 e. The van der Waals surface area contributed by atoms with Crippen molar-refractivity contribution in [1.82, 2.24) is 0 Å². The van der Waals surface area contributed by atoms with E-state index >= 15 is 0 Å². The maximum atomic E-state index is 2.62. The van der Waals surface area contributed by atoms with E-state index in [9.17, 15) is 0 Å². The summed E-state index contributed by atoms with van der Waals surface area (Å²) in [6, 6.07) is 0. The van der Waals surface area contributed by atoms with Gasteiger partial charge >= 0.3 is 0 Å². The Hall–Kier alpha value is 1.46. The van der Waals surface area contributed by atoms with Crippen molar-refractivity contribution in [2.45, 2.75) is 273 Å². The molecule has 7 saturated carbocycles. The summed E-state index contributed by atoms with van der Waals surface area (Å²) in [5, 5.41) is 0. The average molecular weight is 1130 g/mol. The summed E-state index contributed by atoms with van der Waals surface area (Å²) in [6.45, 7) is 55.4. The molecule has 64 heavy (non-hydrogen) atoms. The second-order valence-corrected chi connectivity index (χ2v) is 25.2. The van der Waals surface area contributed by atoms with Gasteiger partial charge in [0.15, 0.2) is 0 Å². The van der Waals surface area contributed by atoms with Crippen molar-refractivity contribution in [2.24, 2.45) is 129 Å². The molecule has 7 rings (SSSR count). The predicted molar refractivity (Wildman–Crippen MR) is 321 cm³/mol. The molecule has 0 aromatic heterocycles. The van der Waals surface area contributed by atoms with E-state index in [4.69, 9.17) is 0 Å². The normalized spacial score (nSPS) is 40.6. The molecule has 0 saturated heterocycles. The predicted octanol–water partition coefficient (Wildman–Crippen LogP) is 23.8. The van der Waals surface area contributed by atoms with Gasteiger partial charge < -0.3 is 0 Å². The third kappa shape index (κ3) is 21.4. The molecule has 394 valence electrons. The van der Waals surface area contributed by atoms with Crippen LogP contribution in [0.5, 0.6) is 0 Å². The Morgan fingerprint density at radius 1 is 0.328 bits per heavy atom. The zero-order valence-electron chi connectivity index (χ0n) is 45.8. The first-order valence-corrected chi connectivity index (χ1v) is 33.4. The molecule has 0 amide bonds. The summed E-state index contributed by atoms with van der Waals surface area (Å²) >= 11 is 4.24. The lowest BCUT2D eigenvalue weighted by molar-refractivity contribution is 0.0887. The van der Waals surface area contributed by atoms with Crippen LogP contribution in [0.1, 0.15) is 273 Å². The van der Waals surface area contributed by atoms with Crippen LogP contribution in [0.25, 0.3) is 0 Å². The second-order valence-electron chi connectivity index (χ2n) is 25.2. The smallest absolute Gasteiger partial charge is 0 e. The number of hydrogen-bond acceptors (Lipinski definition) is 0. The molecule has 0 radical (unpaired) electrons. The molecule has 0 bridgehead atoms. The zero-order chi connectivity index (χ0) is 47.0. The van der Waals surface area contributed by atoms with Crippen molar-refractivity contribution in [3.63, 3.8) is 0 Å². The molecule has 7 aliphatic rings. The lowest BCUT2D eigenvalue weighted by atomic mass is 9.65. The summed E-state index contributed by atoms with van der Waals surface area (Å²) in [4.78, 5) is 0. The lowest BCUT2D eigenvalue weighted by Gasteiger charge is -2.40. The number of fused-ring (bicyclic) bond motifs is 4. The minimum Gasteiger partial charge on any atom is -0.0776 e. The Balaban J connectivity index is -0.000000253.